The van der Waals surface area contributed by atoms with Crippen LogP contribution >= 0.6 is 0 Å². The average molecular weight is 229 g/mol. The van der Waals surface area contributed by atoms with Crippen LogP contribution in [0.3, 0.4) is 0 Å². The molecule has 0 amide bonds. The molecule has 1 aromatic carbocycles. The van der Waals surface area contributed by atoms with Crippen LogP contribution < -0.4 is 0 Å². The first kappa shape index (κ1) is 11.9. The van der Waals surface area contributed by atoms with E-state index in [1.54, 1.807) is 0 Å². The molecular formula is C15H19NO. The molecule has 1 heterocycles. The van der Waals surface area contributed by atoms with Crippen molar-refractivity contribution in [1.82, 2.24) is 4.57 Å². The van der Waals surface area contributed by atoms with Crippen LogP contribution in [0.15, 0.2) is 30.5 Å². The van der Waals surface area contributed by atoms with Crippen LogP contribution in [0.2, 0.25) is 0 Å². The van der Waals surface area contributed by atoms with Crippen LogP contribution in [-0.4, -0.2) is 10.4 Å². The number of aromatic nitrogens is 1. The first-order chi connectivity index (χ1) is 7.95. The summed E-state index contributed by atoms with van der Waals surface area (Å²) in [5.41, 5.74) is 1.65. The van der Waals surface area contributed by atoms with Crippen molar-refractivity contribution in [2.45, 2.75) is 34.2 Å². The predicted molar refractivity (Wildman–Crippen MR) is 71.4 cm³/mol. The number of Topliss-reactive ketones (excluding diaryl/α,β-unsaturated/α-hetero) is 1. The molecule has 0 aliphatic rings. The molecule has 1 aromatic heterocycles. The largest absolute Gasteiger partial charge is 0.347 e. The average Bonchev–Trinajstić information content (AvgIpc) is 2.65. The highest BCUT2D eigenvalue weighted by molar-refractivity contribution is 6.10. The van der Waals surface area contributed by atoms with Crippen molar-refractivity contribution >= 4 is 16.7 Å². The molecular weight excluding hydrogens is 210 g/mol. The summed E-state index contributed by atoms with van der Waals surface area (Å²) in [5.74, 6) is 0.209. The van der Waals surface area contributed by atoms with E-state index in [1.165, 1.54) is 0 Å². The molecule has 0 radical (unpaired) electrons. The fraction of sp³-hybridized carbons (Fsp3) is 0.400. The Morgan fingerprint density at radius 3 is 2.47 bits per heavy atom. The van der Waals surface area contributed by atoms with Crippen LogP contribution in [0.1, 0.15) is 38.1 Å². The van der Waals surface area contributed by atoms with Crippen molar-refractivity contribution < 1.29 is 4.79 Å². The summed E-state index contributed by atoms with van der Waals surface area (Å²) < 4.78 is 2.13. The van der Waals surface area contributed by atoms with Gasteiger partial charge < -0.3 is 4.57 Å². The Bertz CT molecular complexity index is 558. The molecule has 2 rings (SSSR count). The number of para-hydroxylation sites is 1. The maximum atomic E-state index is 12.4. The van der Waals surface area contributed by atoms with Gasteiger partial charge in [0.1, 0.15) is 0 Å². The smallest absolute Gasteiger partial charge is 0.170 e. The number of fused-ring (bicyclic) bond motifs is 1. The molecule has 0 aliphatic carbocycles. The highest BCUT2D eigenvalue weighted by atomic mass is 16.1. The second-order valence-electron chi connectivity index (χ2n) is 5.43. The van der Waals surface area contributed by atoms with E-state index in [9.17, 15) is 4.79 Å². The molecule has 0 bridgehead atoms. The predicted octanol–water partition coefficient (Wildman–Crippen LogP) is 3.89. The van der Waals surface area contributed by atoms with Crippen molar-refractivity contribution in [2.24, 2.45) is 5.41 Å². The maximum absolute atomic E-state index is 12.4. The second-order valence-corrected chi connectivity index (χ2v) is 5.43. The highest BCUT2D eigenvalue weighted by Gasteiger charge is 2.25. The normalized spacial score (nSPS) is 12.0. The van der Waals surface area contributed by atoms with Crippen LogP contribution in [0.5, 0.6) is 0 Å². The summed E-state index contributed by atoms with van der Waals surface area (Å²) in [7, 11) is 0. The number of hydrogen-bond acceptors (Lipinski definition) is 1. The van der Waals surface area contributed by atoms with Crippen molar-refractivity contribution in [3.05, 3.63) is 36.0 Å². The lowest BCUT2D eigenvalue weighted by Crippen LogP contribution is -2.19. The fourth-order valence-electron chi connectivity index (χ4n) is 2.09. The monoisotopic (exact) mass is 229 g/mol. The van der Waals surface area contributed by atoms with Gasteiger partial charge in [0.2, 0.25) is 0 Å². The van der Waals surface area contributed by atoms with E-state index in [-0.39, 0.29) is 11.2 Å². The molecule has 17 heavy (non-hydrogen) atoms. The van der Waals surface area contributed by atoms with E-state index in [4.69, 9.17) is 0 Å². The minimum absolute atomic E-state index is 0.209. The SMILES string of the molecule is CCn1cc(C(=O)C(C)(C)C)c2ccccc21. The number of aryl methyl sites for hydroxylation is 1. The van der Waals surface area contributed by atoms with E-state index in [0.29, 0.717) is 0 Å². The third-order valence-electron chi connectivity index (χ3n) is 3.06. The van der Waals surface area contributed by atoms with E-state index < -0.39 is 0 Å². The van der Waals surface area contributed by atoms with Gasteiger partial charge in [-0.25, -0.2) is 0 Å². The third kappa shape index (κ3) is 1.99. The first-order valence-electron chi connectivity index (χ1n) is 6.08. The minimum atomic E-state index is -0.331. The molecule has 2 nitrogen and oxygen atoms in total. The van der Waals surface area contributed by atoms with Gasteiger partial charge in [0.05, 0.1) is 0 Å². The standard InChI is InChI=1S/C15H19NO/c1-5-16-10-12(14(17)15(2,3)4)11-8-6-7-9-13(11)16/h6-10H,5H2,1-4H3. The topological polar surface area (TPSA) is 22.0 Å². The van der Waals surface area contributed by atoms with E-state index in [1.807, 2.05) is 45.2 Å². The summed E-state index contributed by atoms with van der Waals surface area (Å²) in [6, 6.07) is 8.10. The Balaban J connectivity index is 2.67. The highest BCUT2D eigenvalue weighted by Crippen LogP contribution is 2.28. The molecule has 0 N–H and O–H groups in total. The van der Waals surface area contributed by atoms with Crippen molar-refractivity contribution in [1.29, 1.82) is 0 Å². The van der Waals surface area contributed by atoms with E-state index in [2.05, 4.69) is 17.6 Å². The Labute approximate surface area is 102 Å². The van der Waals surface area contributed by atoms with Crippen LogP contribution in [-0.2, 0) is 6.54 Å². The van der Waals surface area contributed by atoms with Crippen molar-refractivity contribution in [3.63, 3.8) is 0 Å². The number of ketones is 1. The van der Waals surface area contributed by atoms with Gasteiger partial charge in [-0.3, -0.25) is 4.79 Å². The fourth-order valence-corrected chi connectivity index (χ4v) is 2.09. The number of hydrogen-bond donors (Lipinski definition) is 0. The van der Waals surface area contributed by atoms with Crippen LogP contribution in [0.4, 0.5) is 0 Å². The van der Waals surface area contributed by atoms with Crippen LogP contribution in [0.25, 0.3) is 10.9 Å². The summed E-state index contributed by atoms with van der Waals surface area (Å²) in [6.07, 6.45) is 1.98. The quantitative estimate of drug-likeness (QED) is 0.716. The number of rotatable bonds is 2. The Morgan fingerprint density at radius 1 is 1.24 bits per heavy atom. The van der Waals surface area contributed by atoms with Gasteiger partial charge in [-0.05, 0) is 13.0 Å². The maximum Gasteiger partial charge on any atom is 0.170 e. The van der Waals surface area contributed by atoms with Gasteiger partial charge in [-0.15, -0.1) is 0 Å². The number of carbonyl (C=O) groups excluding carboxylic acids is 1. The number of nitrogens with zero attached hydrogens (tertiary/aromatic N) is 1. The second kappa shape index (κ2) is 4.02. The lowest BCUT2D eigenvalue weighted by molar-refractivity contribution is 0.0860. The Kier molecular flexibility index (Phi) is 2.82. The van der Waals surface area contributed by atoms with Gasteiger partial charge >= 0.3 is 0 Å². The molecule has 0 saturated carbocycles. The first-order valence-corrected chi connectivity index (χ1v) is 6.08. The van der Waals surface area contributed by atoms with Gasteiger partial charge in [0.15, 0.2) is 5.78 Å². The molecule has 0 unspecified atom stereocenters. The summed E-state index contributed by atoms with van der Waals surface area (Å²) in [5, 5.41) is 1.06. The van der Waals surface area contributed by atoms with Gasteiger partial charge in [0, 0.05) is 34.6 Å². The minimum Gasteiger partial charge on any atom is -0.347 e. The van der Waals surface area contributed by atoms with E-state index >= 15 is 0 Å². The molecule has 2 aromatic rings. The zero-order valence-corrected chi connectivity index (χ0v) is 10.9. The molecule has 2 heteroatoms. The molecule has 0 atom stereocenters. The van der Waals surface area contributed by atoms with Gasteiger partial charge in [0.25, 0.3) is 0 Å². The van der Waals surface area contributed by atoms with Crippen LogP contribution in [0, 0.1) is 5.41 Å². The van der Waals surface area contributed by atoms with E-state index in [0.717, 1.165) is 23.0 Å². The summed E-state index contributed by atoms with van der Waals surface area (Å²) >= 11 is 0. The molecule has 90 valence electrons. The summed E-state index contributed by atoms with van der Waals surface area (Å²) in [6.45, 7) is 8.88. The molecule has 0 spiro atoms. The van der Waals surface area contributed by atoms with Crippen molar-refractivity contribution in [3.8, 4) is 0 Å². The molecule has 0 fully saturated rings. The Morgan fingerprint density at radius 2 is 1.88 bits per heavy atom. The lowest BCUT2D eigenvalue weighted by atomic mass is 9.86. The van der Waals surface area contributed by atoms with Gasteiger partial charge in [-0.1, -0.05) is 39.0 Å². The summed E-state index contributed by atoms with van der Waals surface area (Å²) in [4.78, 5) is 12.4. The number of benzene rings is 1. The zero-order chi connectivity index (χ0) is 12.6. The molecule has 0 aliphatic heterocycles. The zero-order valence-electron chi connectivity index (χ0n) is 10.9. The van der Waals surface area contributed by atoms with Crippen molar-refractivity contribution in [2.75, 3.05) is 0 Å². The van der Waals surface area contributed by atoms with Gasteiger partial charge in [-0.2, -0.15) is 0 Å². The molecule has 0 saturated heterocycles. The lowest BCUT2D eigenvalue weighted by Gasteiger charge is -2.15. The number of carbonyl (C=O) groups is 1. The third-order valence-corrected chi connectivity index (χ3v) is 3.06. The Hall–Kier alpha value is -1.57.